The van der Waals surface area contributed by atoms with Crippen LogP contribution in [0.2, 0.25) is 0 Å². The molecule has 1 heterocycles. The average molecular weight is 367 g/mol. The fraction of sp³-hybridized carbons (Fsp3) is 0.227. The topological polar surface area (TPSA) is 51.5 Å². The molecule has 1 N–H and O–H groups in total. The normalized spacial score (nSPS) is 12.0. The van der Waals surface area contributed by atoms with Gasteiger partial charge in [-0.3, -0.25) is 4.79 Å². The van der Waals surface area contributed by atoms with Gasteiger partial charge in [-0.15, -0.1) is 0 Å². The average Bonchev–Trinajstić information content (AvgIpc) is 3.17. The Bertz CT molecular complexity index is 898. The Hall–Kier alpha value is -3.08. The Balaban J connectivity index is 1.77. The lowest BCUT2D eigenvalue weighted by Gasteiger charge is -2.22. The molecule has 0 aliphatic rings. The number of halogens is 1. The highest BCUT2D eigenvalue weighted by Gasteiger charge is 2.21. The second-order valence-corrected chi connectivity index (χ2v) is 6.64. The third-order valence-electron chi connectivity index (χ3n) is 4.39. The third kappa shape index (κ3) is 4.37. The van der Waals surface area contributed by atoms with Crippen LogP contribution in [0.4, 0.5) is 4.39 Å². The lowest BCUT2D eigenvalue weighted by atomic mass is 9.96. The second kappa shape index (κ2) is 8.08. The SMILES string of the molecule is COc1ccc(C(NC(=O)c2ccc(-c3ccc(F)cc3)o2)C(C)C)cc1. The van der Waals surface area contributed by atoms with Crippen LogP contribution in [0.1, 0.15) is 36.0 Å². The van der Waals surface area contributed by atoms with Crippen molar-refractivity contribution >= 4 is 5.91 Å². The van der Waals surface area contributed by atoms with E-state index in [9.17, 15) is 9.18 Å². The molecule has 1 aromatic heterocycles. The highest BCUT2D eigenvalue weighted by molar-refractivity contribution is 5.92. The molecule has 3 rings (SSSR count). The third-order valence-corrected chi connectivity index (χ3v) is 4.39. The van der Waals surface area contributed by atoms with Crippen molar-refractivity contribution in [3.63, 3.8) is 0 Å². The number of hydrogen-bond acceptors (Lipinski definition) is 3. The summed E-state index contributed by atoms with van der Waals surface area (Å²) in [4.78, 5) is 12.7. The van der Waals surface area contributed by atoms with E-state index in [-0.39, 0.29) is 29.4 Å². The fourth-order valence-corrected chi connectivity index (χ4v) is 2.89. The van der Waals surface area contributed by atoms with Crippen molar-refractivity contribution in [3.05, 3.63) is 77.8 Å². The standard InChI is InChI=1S/C22H22FNO3/c1-14(2)21(16-6-10-18(26-3)11-7-16)24-22(25)20-13-12-19(27-20)15-4-8-17(23)9-5-15/h4-14,21H,1-3H3,(H,24,25). The van der Waals surface area contributed by atoms with E-state index in [2.05, 4.69) is 5.32 Å². The van der Waals surface area contributed by atoms with Crippen LogP contribution >= 0.6 is 0 Å². The van der Waals surface area contributed by atoms with E-state index in [1.807, 2.05) is 38.1 Å². The van der Waals surface area contributed by atoms with Crippen LogP contribution in [0.25, 0.3) is 11.3 Å². The number of benzene rings is 2. The molecule has 0 radical (unpaired) electrons. The molecule has 1 unspecified atom stereocenters. The predicted octanol–water partition coefficient (Wildman–Crippen LogP) is 5.22. The number of methoxy groups -OCH3 is 1. The van der Waals surface area contributed by atoms with Gasteiger partial charge in [-0.2, -0.15) is 0 Å². The van der Waals surface area contributed by atoms with Gasteiger partial charge in [0.1, 0.15) is 17.3 Å². The van der Waals surface area contributed by atoms with Gasteiger partial charge in [-0.1, -0.05) is 26.0 Å². The molecule has 140 valence electrons. The van der Waals surface area contributed by atoms with Crippen molar-refractivity contribution in [1.82, 2.24) is 5.32 Å². The van der Waals surface area contributed by atoms with Gasteiger partial charge in [0.15, 0.2) is 5.76 Å². The van der Waals surface area contributed by atoms with Crippen LogP contribution in [0.15, 0.2) is 65.1 Å². The van der Waals surface area contributed by atoms with E-state index in [0.29, 0.717) is 11.3 Å². The van der Waals surface area contributed by atoms with Gasteiger partial charge in [0.2, 0.25) is 0 Å². The number of amides is 1. The van der Waals surface area contributed by atoms with Gasteiger partial charge >= 0.3 is 0 Å². The highest BCUT2D eigenvalue weighted by atomic mass is 19.1. The molecule has 27 heavy (non-hydrogen) atoms. The number of carbonyl (C=O) groups excluding carboxylic acids is 1. The Morgan fingerprint density at radius 2 is 1.67 bits per heavy atom. The summed E-state index contributed by atoms with van der Waals surface area (Å²) in [6.07, 6.45) is 0. The van der Waals surface area contributed by atoms with Crippen molar-refractivity contribution in [3.8, 4) is 17.1 Å². The van der Waals surface area contributed by atoms with E-state index in [1.54, 1.807) is 31.4 Å². The first-order chi connectivity index (χ1) is 13.0. The molecule has 0 fully saturated rings. The monoisotopic (exact) mass is 367 g/mol. The maximum Gasteiger partial charge on any atom is 0.287 e. The van der Waals surface area contributed by atoms with E-state index in [1.165, 1.54) is 12.1 Å². The highest BCUT2D eigenvalue weighted by Crippen LogP contribution is 2.26. The minimum absolute atomic E-state index is 0.164. The first-order valence-electron chi connectivity index (χ1n) is 8.78. The number of carbonyl (C=O) groups is 1. The molecule has 0 bridgehead atoms. The number of furan rings is 1. The largest absolute Gasteiger partial charge is 0.497 e. The van der Waals surface area contributed by atoms with Crippen LogP contribution in [0.5, 0.6) is 5.75 Å². The number of nitrogens with one attached hydrogen (secondary N) is 1. The van der Waals surface area contributed by atoms with Gasteiger partial charge in [-0.05, 0) is 60.0 Å². The summed E-state index contributed by atoms with van der Waals surface area (Å²) in [6, 6.07) is 16.7. The molecule has 0 saturated heterocycles. The number of hydrogen-bond donors (Lipinski definition) is 1. The molecule has 1 amide bonds. The maximum absolute atomic E-state index is 13.1. The van der Waals surface area contributed by atoms with Gasteiger partial charge < -0.3 is 14.5 Å². The molecule has 0 saturated carbocycles. The lowest BCUT2D eigenvalue weighted by molar-refractivity contribution is 0.0898. The summed E-state index contributed by atoms with van der Waals surface area (Å²) in [7, 11) is 1.62. The van der Waals surface area contributed by atoms with Gasteiger partial charge in [-0.25, -0.2) is 4.39 Å². The van der Waals surface area contributed by atoms with Crippen LogP contribution in [-0.4, -0.2) is 13.0 Å². The molecule has 3 aromatic rings. The summed E-state index contributed by atoms with van der Waals surface area (Å²) in [5.74, 6) is 1.08. The first-order valence-corrected chi connectivity index (χ1v) is 8.78. The first kappa shape index (κ1) is 18.7. The summed E-state index contributed by atoms with van der Waals surface area (Å²) in [5.41, 5.74) is 1.70. The van der Waals surface area contributed by atoms with Gasteiger partial charge in [0, 0.05) is 5.56 Å². The minimum atomic E-state index is -0.317. The van der Waals surface area contributed by atoms with Crippen LogP contribution in [0, 0.1) is 11.7 Å². The molecule has 1 atom stereocenters. The molecule has 2 aromatic carbocycles. The molecule has 0 aliphatic heterocycles. The maximum atomic E-state index is 13.1. The zero-order valence-electron chi connectivity index (χ0n) is 15.5. The van der Waals surface area contributed by atoms with Gasteiger partial charge in [0.05, 0.1) is 13.2 Å². The van der Waals surface area contributed by atoms with E-state index in [0.717, 1.165) is 11.3 Å². The minimum Gasteiger partial charge on any atom is -0.497 e. The summed E-state index contributed by atoms with van der Waals surface area (Å²) in [5, 5.41) is 3.03. The molecular formula is C22H22FNO3. The van der Waals surface area contributed by atoms with Crippen molar-refractivity contribution in [2.45, 2.75) is 19.9 Å². The van der Waals surface area contributed by atoms with Crippen molar-refractivity contribution < 1.29 is 18.3 Å². The zero-order chi connectivity index (χ0) is 19.4. The van der Waals surface area contributed by atoms with Crippen molar-refractivity contribution in [1.29, 1.82) is 0 Å². The quantitative estimate of drug-likeness (QED) is 0.650. The molecule has 4 nitrogen and oxygen atoms in total. The van der Waals surface area contributed by atoms with Crippen molar-refractivity contribution in [2.24, 2.45) is 5.92 Å². The Labute approximate surface area is 158 Å². The van der Waals surface area contributed by atoms with Crippen LogP contribution < -0.4 is 10.1 Å². The fourth-order valence-electron chi connectivity index (χ4n) is 2.89. The second-order valence-electron chi connectivity index (χ2n) is 6.64. The van der Waals surface area contributed by atoms with Crippen molar-refractivity contribution in [2.75, 3.05) is 7.11 Å². The summed E-state index contributed by atoms with van der Waals surface area (Å²) in [6.45, 7) is 4.09. The molecule has 0 aliphatic carbocycles. The molecule has 0 spiro atoms. The number of rotatable bonds is 6. The van der Waals surface area contributed by atoms with Gasteiger partial charge in [0.25, 0.3) is 5.91 Å². The zero-order valence-corrected chi connectivity index (χ0v) is 15.5. The smallest absolute Gasteiger partial charge is 0.287 e. The van der Waals surface area contributed by atoms with Crippen LogP contribution in [0.3, 0.4) is 0 Å². The predicted molar refractivity (Wildman–Crippen MR) is 102 cm³/mol. The number of ether oxygens (including phenoxy) is 1. The van der Waals surface area contributed by atoms with E-state index in [4.69, 9.17) is 9.15 Å². The van der Waals surface area contributed by atoms with E-state index >= 15 is 0 Å². The van der Waals surface area contributed by atoms with E-state index < -0.39 is 0 Å². The Kier molecular flexibility index (Phi) is 5.60. The Morgan fingerprint density at radius 1 is 1.00 bits per heavy atom. The lowest BCUT2D eigenvalue weighted by Crippen LogP contribution is -2.31. The molecular weight excluding hydrogens is 345 g/mol. The van der Waals surface area contributed by atoms with Crippen LogP contribution in [-0.2, 0) is 0 Å². The molecule has 5 heteroatoms. The Morgan fingerprint density at radius 3 is 2.26 bits per heavy atom. The summed E-state index contributed by atoms with van der Waals surface area (Å²) < 4.78 is 23.9. The summed E-state index contributed by atoms with van der Waals surface area (Å²) >= 11 is 0.